The molecule has 1 aliphatic heterocycles. The highest BCUT2D eigenvalue weighted by molar-refractivity contribution is 8.18. The van der Waals surface area contributed by atoms with Crippen molar-refractivity contribution in [3.63, 3.8) is 0 Å². The number of nitro benzene ring substituents is 1. The fraction of sp³-hybridized carbons (Fsp3) is 0.154. The zero-order chi connectivity index (χ0) is 24.9. The number of hydrogen-bond donors (Lipinski definition) is 1. The van der Waals surface area contributed by atoms with Crippen LogP contribution in [0.15, 0.2) is 70.6 Å². The molecule has 1 N–H and O–H groups in total. The molecule has 4 rings (SSSR count). The summed E-state index contributed by atoms with van der Waals surface area (Å²) in [6.07, 6.45) is 1.77. The summed E-state index contributed by atoms with van der Waals surface area (Å²) >= 11 is 1.28. The molecule has 0 spiro atoms. The van der Waals surface area contributed by atoms with Crippen molar-refractivity contribution in [2.75, 3.05) is 7.11 Å². The van der Waals surface area contributed by atoms with Gasteiger partial charge in [-0.3, -0.25) is 14.9 Å². The van der Waals surface area contributed by atoms with E-state index >= 15 is 0 Å². The van der Waals surface area contributed by atoms with E-state index in [1.165, 1.54) is 31.0 Å². The predicted octanol–water partition coefficient (Wildman–Crippen LogP) is 5.69. The van der Waals surface area contributed by atoms with E-state index in [1.807, 2.05) is 38.1 Å². The monoisotopic (exact) mass is 489 g/mol. The summed E-state index contributed by atoms with van der Waals surface area (Å²) in [6.45, 7) is 4.21. The van der Waals surface area contributed by atoms with Gasteiger partial charge >= 0.3 is 0 Å². The van der Waals surface area contributed by atoms with Crippen molar-refractivity contribution in [3.8, 4) is 11.5 Å². The molecule has 0 saturated carbocycles. The summed E-state index contributed by atoms with van der Waals surface area (Å²) in [5.74, 6) is 0.819. The second-order valence-electron chi connectivity index (χ2n) is 7.89. The summed E-state index contributed by atoms with van der Waals surface area (Å²) in [4.78, 5) is 28.0. The molecule has 1 saturated heterocycles. The Labute approximate surface area is 206 Å². The van der Waals surface area contributed by atoms with E-state index in [0.29, 0.717) is 21.6 Å². The SMILES string of the molecule is COc1cc(/C=C2/SC(=Nc3cc(C)ccc3C)NC2=O)ccc1OCc1ccc([N+](=O)[O-])cc1. The van der Waals surface area contributed by atoms with E-state index in [0.717, 1.165) is 27.9 Å². The molecule has 0 bridgehead atoms. The molecule has 3 aromatic carbocycles. The Balaban J connectivity index is 1.48. The van der Waals surface area contributed by atoms with Gasteiger partial charge in [-0.1, -0.05) is 18.2 Å². The number of nitrogens with zero attached hydrogens (tertiary/aromatic N) is 2. The molecule has 35 heavy (non-hydrogen) atoms. The maximum Gasteiger partial charge on any atom is 0.269 e. The third kappa shape index (κ3) is 5.88. The van der Waals surface area contributed by atoms with Crippen molar-refractivity contribution in [2.24, 2.45) is 4.99 Å². The maximum absolute atomic E-state index is 12.5. The van der Waals surface area contributed by atoms with Crippen molar-refractivity contribution in [1.82, 2.24) is 5.32 Å². The molecule has 0 radical (unpaired) electrons. The molecular weight excluding hydrogens is 466 g/mol. The lowest BCUT2D eigenvalue weighted by Gasteiger charge is -2.11. The molecule has 3 aromatic rings. The van der Waals surface area contributed by atoms with Gasteiger partial charge in [-0.15, -0.1) is 0 Å². The molecule has 0 unspecified atom stereocenters. The quantitative estimate of drug-likeness (QED) is 0.260. The lowest BCUT2D eigenvalue weighted by molar-refractivity contribution is -0.384. The van der Waals surface area contributed by atoms with Gasteiger partial charge in [-0.2, -0.15) is 0 Å². The van der Waals surface area contributed by atoms with Gasteiger partial charge in [0, 0.05) is 12.1 Å². The first kappa shape index (κ1) is 24.0. The zero-order valence-electron chi connectivity index (χ0n) is 19.4. The number of rotatable bonds is 7. The van der Waals surface area contributed by atoms with Gasteiger partial charge in [0.15, 0.2) is 16.7 Å². The second kappa shape index (κ2) is 10.4. The largest absolute Gasteiger partial charge is 0.493 e. The highest BCUT2D eigenvalue weighted by atomic mass is 32.2. The highest BCUT2D eigenvalue weighted by Gasteiger charge is 2.24. The minimum absolute atomic E-state index is 0.0276. The number of carbonyl (C=O) groups excluding carboxylic acids is 1. The number of amides is 1. The molecule has 0 aromatic heterocycles. The summed E-state index contributed by atoms with van der Waals surface area (Å²) in [5, 5.41) is 14.1. The number of amidine groups is 1. The van der Waals surface area contributed by atoms with Crippen molar-refractivity contribution >= 4 is 40.3 Å². The van der Waals surface area contributed by atoms with Crippen LogP contribution < -0.4 is 14.8 Å². The van der Waals surface area contributed by atoms with Crippen LogP contribution in [0.1, 0.15) is 22.3 Å². The number of aryl methyl sites for hydroxylation is 2. The van der Waals surface area contributed by atoms with Crippen LogP contribution in [0.2, 0.25) is 0 Å². The molecule has 178 valence electrons. The number of thioether (sulfide) groups is 1. The third-order valence-electron chi connectivity index (χ3n) is 5.26. The normalized spacial score (nSPS) is 15.3. The van der Waals surface area contributed by atoms with Crippen LogP contribution in [0.25, 0.3) is 6.08 Å². The fourth-order valence-corrected chi connectivity index (χ4v) is 4.18. The van der Waals surface area contributed by atoms with E-state index in [4.69, 9.17) is 9.47 Å². The van der Waals surface area contributed by atoms with Crippen molar-refractivity contribution < 1.29 is 19.2 Å². The molecule has 1 amide bonds. The van der Waals surface area contributed by atoms with Crippen LogP contribution in [-0.2, 0) is 11.4 Å². The Hall–Kier alpha value is -4.11. The van der Waals surface area contributed by atoms with Gasteiger partial charge in [0.1, 0.15) is 6.61 Å². The number of nitro groups is 1. The summed E-state index contributed by atoms with van der Waals surface area (Å²) < 4.78 is 11.3. The molecule has 0 aliphatic carbocycles. The minimum Gasteiger partial charge on any atom is -0.493 e. The number of aliphatic imine (C=N–C) groups is 1. The molecule has 1 heterocycles. The molecular formula is C26H23N3O5S. The van der Waals surface area contributed by atoms with Gasteiger partial charge < -0.3 is 14.8 Å². The van der Waals surface area contributed by atoms with E-state index < -0.39 is 4.92 Å². The van der Waals surface area contributed by atoms with E-state index in [-0.39, 0.29) is 18.2 Å². The summed E-state index contributed by atoms with van der Waals surface area (Å²) in [5.41, 5.74) is 4.55. The smallest absolute Gasteiger partial charge is 0.269 e. The van der Waals surface area contributed by atoms with E-state index in [1.54, 1.807) is 30.3 Å². The predicted molar refractivity (Wildman–Crippen MR) is 137 cm³/mol. The summed E-state index contributed by atoms with van der Waals surface area (Å²) in [7, 11) is 1.54. The Morgan fingerprint density at radius 2 is 1.83 bits per heavy atom. The number of hydrogen-bond acceptors (Lipinski definition) is 7. The Morgan fingerprint density at radius 3 is 2.54 bits per heavy atom. The van der Waals surface area contributed by atoms with E-state index in [2.05, 4.69) is 10.3 Å². The Kier molecular flexibility index (Phi) is 7.17. The second-order valence-corrected chi connectivity index (χ2v) is 8.92. The summed E-state index contributed by atoms with van der Waals surface area (Å²) in [6, 6.07) is 17.6. The number of non-ortho nitro benzene ring substituents is 1. The van der Waals surface area contributed by atoms with Crippen LogP contribution in [0.4, 0.5) is 11.4 Å². The van der Waals surface area contributed by atoms with Crippen LogP contribution in [0.5, 0.6) is 11.5 Å². The highest BCUT2D eigenvalue weighted by Crippen LogP contribution is 2.33. The average Bonchev–Trinajstić information content (AvgIpc) is 3.19. The number of nitrogens with one attached hydrogen (secondary N) is 1. The molecule has 8 nitrogen and oxygen atoms in total. The first-order chi connectivity index (χ1) is 16.8. The maximum atomic E-state index is 12.5. The standard InChI is InChI=1S/C26H23N3O5S/c1-16-4-5-17(2)21(12-16)27-26-28-25(30)24(35-26)14-19-8-11-22(23(13-19)33-3)34-15-18-6-9-20(10-7-18)29(31)32/h4-14H,15H2,1-3H3,(H,27,28,30)/b24-14+. The van der Waals surface area contributed by atoms with Crippen LogP contribution in [0.3, 0.4) is 0 Å². The van der Waals surface area contributed by atoms with Gasteiger partial charge in [-0.05, 0) is 84.3 Å². The minimum atomic E-state index is -0.442. The van der Waals surface area contributed by atoms with Gasteiger partial charge in [-0.25, -0.2) is 4.99 Å². The fourth-order valence-electron chi connectivity index (χ4n) is 3.35. The van der Waals surface area contributed by atoms with E-state index in [9.17, 15) is 14.9 Å². The van der Waals surface area contributed by atoms with Crippen LogP contribution in [-0.4, -0.2) is 23.1 Å². The number of methoxy groups -OCH3 is 1. The first-order valence-corrected chi connectivity index (χ1v) is 11.5. The van der Waals surface area contributed by atoms with Crippen molar-refractivity contribution in [1.29, 1.82) is 0 Å². The van der Waals surface area contributed by atoms with Crippen LogP contribution >= 0.6 is 11.8 Å². The molecule has 0 atom stereocenters. The van der Waals surface area contributed by atoms with Gasteiger partial charge in [0.05, 0.1) is 22.6 Å². The number of carbonyl (C=O) groups is 1. The van der Waals surface area contributed by atoms with Crippen molar-refractivity contribution in [3.05, 3.63) is 97.9 Å². The topological polar surface area (TPSA) is 103 Å². The molecule has 1 fully saturated rings. The molecule has 1 aliphatic rings. The zero-order valence-corrected chi connectivity index (χ0v) is 20.2. The van der Waals surface area contributed by atoms with Gasteiger partial charge in [0.2, 0.25) is 0 Å². The lowest BCUT2D eigenvalue weighted by atomic mass is 10.1. The first-order valence-electron chi connectivity index (χ1n) is 10.7. The van der Waals surface area contributed by atoms with Gasteiger partial charge in [0.25, 0.3) is 11.6 Å². The van der Waals surface area contributed by atoms with Crippen molar-refractivity contribution in [2.45, 2.75) is 20.5 Å². The number of ether oxygens (including phenoxy) is 2. The van der Waals surface area contributed by atoms with Crippen LogP contribution in [0, 0.1) is 24.0 Å². The average molecular weight is 490 g/mol. The molecule has 9 heteroatoms. The third-order valence-corrected chi connectivity index (χ3v) is 6.17. The Bertz CT molecular complexity index is 1350. The lowest BCUT2D eigenvalue weighted by Crippen LogP contribution is -2.19. The Morgan fingerprint density at radius 1 is 1.06 bits per heavy atom. The number of benzene rings is 3.